The van der Waals surface area contributed by atoms with Gasteiger partial charge in [0.05, 0.1) is 22.9 Å². The number of allylic oxidation sites excluding steroid dienone is 5. The van der Waals surface area contributed by atoms with Crippen LogP contribution in [0.3, 0.4) is 0 Å². The summed E-state index contributed by atoms with van der Waals surface area (Å²) in [4.78, 5) is 30.1. The number of aromatic nitrogens is 1. The van der Waals surface area contributed by atoms with Crippen LogP contribution in [0.1, 0.15) is 82.3 Å². The largest absolute Gasteiger partial charge is 0.422 e. The molecule has 2 bridgehead atoms. The van der Waals surface area contributed by atoms with Gasteiger partial charge in [-0.1, -0.05) is 75.6 Å². The van der Waals surface area contributed by atoms with Crippen LogP contribution in [-0.4, -0.2) is 45.6 Å². The molecule has 1 aliphatic heterocycles. The monoisotopic (exact) mass is 529 g/mol. The second kappa shape index (κ2) is 16.8. The second-order valence-corrected chi connectivity index (χ2v) is 9.85. The first-order valence-electron chi connectivity index (χ1n) is 12.9. The Morgan fingerprint density at radius 2 is 2.05 bits per heavy atom. The maximum absolute atomic E-state index is 13.2. The highest BCUT2D eigenvalue weighted by atomic mass is 32.1. The number of hydrogen-bond donors (Lipinski definition) is 2. The Balaban J connectivity index is 2.35. The van der Waals surface area contributed by atoms with Crippen molar-refractivity contribution in [3.05, 3.63) is 70.3 Å². The number of rotatable bonds is 8. The highest BCUT2D eigenvalue weighted by Crippen LogP contribution is 2.27. The number of ether oxygens (including phenoxy) is 2. The van der Waals surface area contributed by atoms with Crippen LogP contribution in [0.4, 0.5) is 0 Å². The highest BCUT2D eigenvalue weighted by molar-refractivity contribution is 7.09. The lowest BCUT2D eigenvalue weighted by Gasteiger charge is -2.18. The van der Waals surface area contributed by atoms with Crippen molar-refractivity contribution in [3.63, 3.8) is 0 Å². The smallest absolute Gasteiger partial charge is 0.337 e. The van der Waals surface area contributed by atoms with E-state index in [0.717, 1.165) is 30.7 Å². The van der Waals surface area contributed by atoms with E-state index in [2.05, 4.69) is 11.9 Å². The third kappa shape index (κ3) is 11.4. The number of fused-ring (bicyclic) bond motifs is 2. The Labute approximate surface area is 223 Å². The quantitative estimate of drug-likeness (QED) is 0.190. The molecule has 202 valence electrons. The zero-order chi connectivity index (χ0) is 27.0. The summed E-state index contributed by atoms with van der Waals surface area (Å²) in [6.07, 6.45) is 16.6. The molecule has 0 amide bonds. The first-order chi connectivity index (χ1) is 17.8. The van der Waals surface area contributed by atoms with E-state index < -0.39 is 30.4 Å². The molecule has 0 saturated carbocycles. The molecule has 1 aromatic rings. The average Bonchev–Trinajstić information content (AvgIpc) is 3.33. The Morgan fingerprint density at radius 3 is 2.81 bits per heavy atom. The summed E-state index contributed by atoms with van der Waals surface area (Å²) in [5, 5.41) is 23.4. The minimum Gasteiger partial charge on any atom is -0.422 e. The van der Waals surface area contributed by atoms with Crippen molar-refractivity contribution in [3.8, 4) is 0 Å². The summed E-state index contributed by atoms with van der Waals surface area (Å²) in [6, 6.07) is 0. The molecule has 0 fully saturated rings. The summed E-state index contributed by atoms with van der Waals surface area (Å²) >= 11 is 1.40. The fourth-order valence-electron chi connectivity index (χ4n) is 3.61. The zero-order valence-corrected chi connectivity index (χ0v) is 22.7. The molecule has 0 unspecified atom stereocenters. The number of thiazole rings is 1. The lowest BCUT2D eigenvalue weighted by Crippen LogP contribution is -2.24. The van der Waals surface area contributed by atoms with Gasteiger partial charge in [0.15, 0.2) is 0 Å². The van der Waals surface area contributed by atoms with Gasteiger partial charge in [0.2, 0.25) is 0 Å². The molecule has 0 aromatic carbocycles. The highest BCUT2D eigenvalue weighted by Gasteiger charge is 2.23. The molecule has 0 aliphatic carbocycles. The second-order valence-electron chi connectivity index (χ2n) is 8.96. The molecule has 1 aromatic heterocycles. The van der Waals surface area contributed by atoms with Crippen molar-refractivity contribution in [2.45, 2.75) is 90.1 Å². The van der Waals surface area contributed by atoms with E-state index in [0.29, 0.717) is 17.7 Å². The van der Waals surface area contributed by atoms with E-state index in [1.807, 2.05) is 19.2 Å². The minimum atomic E-state index is -1.12. The molecule has 0 radical (unpaired) electrons. The topological polar surface area (TPSA) is 106 Å². The van der Waals surface area contributed by atoms with Crippen LogP contribution in [0.5, 0.6) is 0 Å². The number of aliphatic hydroxyl groups excluding tert-OH is 2. The first-order valence-corrected chi connectivity index (χ1v) is 13.8. The number of carbonyl (C=O) groups excluding carboxylic acids is 2. The summed E-state index contributed by atoms with van der Waals surface area (Å²) in [5.74, 6) is -1.46. The van der Waals surface area contributed by atoms with Crippen molar-refractivity contribution in [2.24, 2.45) is 0 Å². The lowest BCUT2D eigenvalue weighted by atomic mass is 9.99. The maximum Gasteiger partial charge on any atom is 0.337 e. The number of carbonyl (C=O) groups is 2. The van der Waals surface area contributed by atoms with Crippen molar-refractivity contribution in [1.29, 1.82) is 0 Å². The summed E-state index contributed by atoms with van der Waals surface area (Å²) < 4.78 is 11.0. The van der Waals surface area contributed by atoms with Crippen molar-refractivity contribution < 1.29 is 29.3 Å². The molecule has 4 atom stereocenters. The number of cyclic esters (lactones) is 1. The van der Waals surface area contributed by atoms with Crippen LogP contribution >= 0.6 is 11.3 Å². The van der Waals surface area contributed by atoms with Crippen LogP contribution in [0.25, 0.3) is 6.08 Å². The number of hydrogen-bond acceptors (Lipinski definition) is 8. The minimum absolute atomic E-state index is 0.138. The summed E-state index contributed by atoms with van der Waals surface area (Å²) in [5.41, 5.74) is 1.06. The van der Waals surface area contributed by atoms with E-state index in [1.165, 1.54) is 17.4 Å². The van der Waals surface area contributed by atoms with Gasteiger partial charge in [-0.2, -0.15) is 0 Å². The van der Waals surface area contributed by atoms with Gasteiger partial charge in [-0.25, -0.2) is 14.6 Å². The molecule has 8 heteroatoms. The van der Waals surface area contributed by atoms with Crippen LogP contribution in [0.15, 0.2) is 59.6 Å². The normalized spacial score (nSPS) is 26.8. The molecular weight excluding hydrogens is 490 g/mol. The molecule has 2 heterocycles. The SMILES string of the molecule is C/C=C/C=C/C(=O)O[C@H]1C/C=C\C=C/[C@H](O)C[C@@H](O)[C@H](C)c2nc(cs2)/C=C(/CCCCCC)C(=O)O1. The molecule has 2 rings (SSSR count). The lowest BCUT2D eigenvalue weighted by molar-refractivity contribution is -0.180. The zero-order valence-electron chi connectivity index (χ0n) is 21.9. The number of aliphatic hydroxyl groups is 2. The predicted molar refractivity (Wildman–Crippen MR) is 147 cm³/mol. The Bertz CT molecular complexity index is 1010. The Hall–Kier alpha value is -2.81. The maximum atomic E-state index is 13.2. The van der Waals surface area contributed by atoms with Gasteiger partial charge in [-0.05, 0) is 25.8 Å². The molecule has 0 spiro atoms. The van der Waals surface area contributed by atoms with Gasteiger partial charge in [0, 0.05) is 35.8 Å². The number of unbranched alkanes of at least 4 members (excludes halogenated alkanes) is 3. The van der Waals surface area contributed by atoms with Crippen LogP contribution in [-0.2, 0) is 19.1 Å². The van der Waals surface area contributed by atoms with Crippen LogP contribution < -0.4 is 0 Å². The van der Waals surface area contributed by atoms with Crippen molar-refractivity contribution >= 4 is 29.4 Å². The molecule has 7 nitrogen and oxygen atoms in total. The standard InChI is InChI=1S/C29H39NO6S/c1-4-6-8-11-14-22-18-23-20-37-28(30-23)21(3)25(32)19-24(31)15-12-9-13-17-27(36-29(22)34)35-26(33)16-10-7-5-2/h5,7,9-10,12-13,15-16,18,20-21,24-25,27,31-32H,4,6,8,11,14,17,19H2,1-3H3/b7-5+,13-9-,15-12-,16-10+,22-18-/t21-,24-,25+,27+/m0/s1. The molecular formula is C29H39NO6S. The van der Waals surface area contributed by atoms with E-state index in [4.69, 9.17) is 9.47 Å². The van der Waals surface area contributed by atoms with Gasteiger partial charge in [0.25, 0.3) is 6.29 Å². The van der Waals surface area contributed by atoms with Crippen LogP contribution in [0.2, 0.25) is 0 Å². The predicted octanol–water partition coefficient (Wildman–Crippen LogP) is 5.77. The number of esters is 2. The molecule has 37 heavy (non-hydrogen) atoms. The first kappa shape index (κ1) is 30.4. The van der Waals surface area contributed by atoms with Gasteiger partial charge in [-0.3, -0.25) is 0 Å². The van der Waals surface area contributed by atoms with E-state index >= 15 is 0 Å². The Kier molecular flexibility index (Phi) is 13.8. The van der Waals surface area contributed by atoms with Gasteiger partial charge in [-0.15, -0.1) is 11.3 Å². The molecule has 2 N–H and O–H groups in total. The van der Waals surface area contributed by atoms with Crippen molar-refractivity contribution in [1.82, 2.24) is 4.98 Å². The van der Waals surface area contributed by atoms with Crippen molar-refractivity contribution in [2.75, 3.05) is 0 Å². The Morgan fingerprint density at radius 1 is 1.24 bits per heavy atom. The van der Waals surface area contributed by atoms with Gasteiger partial charge < -0.3 is 19.7 Å². The summed E-state index contributed by atoms with van der Waals surface area (Å²) in [7, 11) is 0. The van der Waals surface area contributed by atoms with Crippen LogP contribution in [0, 0.1) is 0 Å². The van der Waals surface area contributed by atoms with E-state index in [1.54, 1.807) is 48.6 Å². The number of nitrogens with zero attached hydrogens (tertiary/aromatic N) is 1. The fraction of sp³-hybridized carbons (Fsp3) is 0.483. The molecule has 0 saturated heterocycles. The average molecular weight is 530 g/mol. The van der Waals surface area contributed by atoms with Gasteiger partial charge in [0.1, 0.15) is 0 Å². The molecule has 1 aliphatic rings. The van der Waals surface area contributed by atoms with E-state index in [9.17, 15) is 19.8 Å². The summed E-state index contributed by atoms with van der Waals surface area (Å²) in [6.45, 7) is 5.82. The third-order valence-electron chi connectivity index (χ3n) is 5.80. The fourth-order valence-corrected chi connectivity index (χ4v) is 4.51. The van der Waals surface area contributed by atoms with Gasteiger partial charge >= 0.3 is 11.9 Å². The van der Waals surface area contributed by atoms with E-state index in [-0.39, 0.29) is 18.8 Å². The third-order valence-corrected chi connectivity index (χ3v) is 6.87.